The number of hydrogen-bond acceptors (Lipinski definition) is 3. The lowest BCUT2D eigenvalue weighted by atomic mass is 9.72. The fourth-order valence-electron chi connectivity index (χ4n) is 4.05. The Bertz CT molecular complexity index is 655. The van der Waals surface area contributed by atoms with Crippen molar-refractivity contribution < 1.29 is 18.3 Å². The van der Waals surface area contributed by atoms with Crippen LogP contribution in [0.15, 0.2) is 24.3 Å². The fourth-order valence-corrected chi connectivity index (χ4v) is 4.05. The highest BCUT2D eigenvalue weighted by Crippen LogP contribution is 2.43. The molecule has 2 heterocycles. The van der Waals surface area contributed by atoms with Crippen molar-refractivity contribution in [3.8, 4) is 5.75 Å². The van der Waals surface area contributed by atoms with Crippen LogP contribution in [0, 0.1) is 5.41 Å². The number of piperidine rings is 2. The van der Waals surface area contributed by atoms with E-state index < -0.39 is 11.3 Å². The van der Waals surface area contributed by atoms with Crippen LogP contribution in [0.2, 0.25) is 0 Å². The average molecular weight is 366 g/mol. The largest absolute Gasteiger partial charge is 0.488 e. The van der Waals surface area contributed by atoms with Crippen molar-refractivity contribution in [2.24, 2.45) is 5.41 Å². The summed E-state index contributed by atoms with van der Waals surface area (Å²) in [6, 6.07) is 7.54. The predicted molar refractivity (Wildman–Crippen MR) is 96.3 cm³/mol. The van der Waals surface area contributed by atoms with E-state index in [-0.39, 0.29) is 24.5 Å². The average Bonchev–Trinajstić information content (AvgIpc) is 2.49. The molecule has 0 saturated carbocycles. The molecule has 2 aliphatic heterocycles. The SMILES string of the molecule is CC(C)(C)Oc1ccc(CN2CC(F)(F)CC3(CCCNC3=O)C2)cc1. The number of carbonyl (C=O) groups excluding carboxylic acids is 1. The van der Waals surface area contributed by atoms with Gasteiger partial charge in [-0.3, -0.25) is 9.69 Å². The van der Waals surface area contributed by atoms with E-state index in [4.69, 9.17) is 4.74 Å². The maximum atomic E-state index is 14.4. The summed E-state index contributed by atoms with van der Waals surface area (Å²) in [5.41, 5.74) is -0.303. The standard InChI is InChI=1S/C20H28F2N2O2/c1-18(2,3)26-16-7-5-15(6-8-16)11-24-13-19(12-20(21,22)14-24)9-4-10-23-17(19)25/h5-8H,4,9-14H2,1-3H3,(H,23,25). The third-order valence-electron chi connectivity index (χ3n) is 4.93. The van der Waals surface area contributed by atoms with E-state index in [0.29, 0.717) is 26.1 Å². The van der Waals surface area contributed by atoms with Crippen molar-refractivity contribution in [3.05, 3.63) is 29.8 Å². The third-order valence-corrected chi connectivity index (χ3v) is 4.93. The zero-order valence-corrected chi connectivity index (χ0v) is 15.8. The van der Waals surface area contributed by atoms with E-state index in [0.717, 1.165) is 17.7 Å². The molecule has 1 unspecified atom stereocenters. The van der Waals surface area contributed by atoms with E-state index in [1.54, 1.807) is 4.90 Å². The number of nitrogens with zero attached hydrogens (tertiary/aromatic N) is 1. The Morgan fingerprint density at radius 2 is 1.88 bits per heavy atom. The predicted octanol–water partition coefficient (Wildman–Crippen LogP) is 3.60. The summed E-state index contributed by atoms with van der Waals surface area (Å²) in [4.78, 5) is 14.1. The molecule has 0 aliphatic carbocycles. The van der Waals surface area contributed by atoms with Crippen molar-refractivity contribution in [1.29, 1.82) is 0 Å². The smallest absolute Gasteiger partial charge is 0.261 e. The molecule has 4 nitrogen and oxygen atoms in total. The number of ether oxygens (including phenoxy) is 1. The van der Waals surface area contributed by atoms with Crippen LogP contribution in [0.1, 0.15) is 45.6 Å². The molecular formula is C20H28F2N2O2. The van der Waals surface area contributed by atoms with Crippen molar-refractivity contribution in [2.75, 3.05) is 19.6 Å². The summed E-state index contributed by atoms with van der Waals surface area (Å²) in [5, 5.41) is 2.78. The maximum Gasteiger partial charge on any atom is 0.261 e. The maximum absolute atomic E-state index is 14.4. The van der Waals surface area contributed by atoms with E-state index in [2.05, 4.69) is 5.32 Å². The number of rotatable bonds is 3. The highest BCUT2D eigenvalue weighted by Gasteiger charge is 2.53. The first-order valence-electron chi connectivity index (χ1n) is 9.24. The van der Waals surface area contributed by atoms with Gasteiger partial charge in [0.15, 0.2) is 0 Å². The van der Waals surface area contributed by atoms with Crippen LogP contribution >= 0.6 is 0 Å². The van der Waals surface area contributed by atoms with E-state index >= 15 is 0 Å². The monoisotopic (exact) mass is 366 g/mol. The Morgan fingerprint density at radius 3 is 2.50 bits per heavy atom. The van der Waals surface area contributed by atoms with Gasteiger partial charge in [0.1, 0.15) is 11.4 Å². The summed E-state index contributed by atoms with van der Waals surface area (Å²) < 4.78 is 34.5. The molecule has 1 aromatic carbocycles. The Kier molecular flexibility index (Phi) is 4.99. The van der Waals surface area contributed by atoms with Crippen molar-refractivity contribution >= 4 is 5.91 Å². The van der Waals surface area contributed by atoms with Gasteiger partial charge in [0.2, 0.25) is 5.91 Å². The number of halogens is 2. The van der Waals surface area contributed by atoms with Crippen LogP contribution < -0.4 is 10.1 Å². The number of alkyl halides is 2. The number of carbonyl (C=O) groups is 1. The highest BCUT2D eigenvalue weighted by molar-refractivity contribution is 5.83. The second-order valence-electron chi connectivity index (χ2n) is 8.68. The van der Waals surface area contributed by atoms with Gasteiger partial charge in [-0.2, -0.15) is 0 Å². The van der Waals surface area contributed by atoms with Gasteiger partial charge in [0, 0.05) is 26.1 Å². The summed E-state index contributed by atoms with van der Waals surface area (Å²) in [6.07, 6.45) is 0.943. The molecule has 1 N–H and O–H groups in total. The van der Waals surface area contributed by atoms with Gasteiger partial charge in [-0.05, 0) is 51.3 Å². The van der Waals surface area contributed by atoms with E-state index in [1.165, 1.54) is 0 Å². The summed E-state index contributed by atoms with van der Waals surface area (Å²) in [6.45, 7) is 7.00. The molecule has 6 heteroatoms. The van der Waals surface area contributed by atoms with Crippen molar-refractivity contribution in [3.63, 3.8) is 0 Å². The van der Waals surface area contributed by atoms with Crippen LogP contribution in [-0.4, -0.2) is 42.0 Å². The van der Waals surface area contributed by atoms with Gasteiger partial charge in [0.05, 0.1) is 12.0 Å². The molecule has 144 valence electrons. The molecule has 0 aromatic heterocycles. The van der Waals surface area contributed by atoms with Crippen molar-refractivity contribution in [1.82, 2.24) is 10.2 Å². The van der Waals surface area contributed by atoms with Crippen LogP contribution in [0.25, 0.3) is 0 Å². The molecule has 2 saturated heterocycles. The topological polar surface area (TPSA) is 41.6 Å². The Labute approximate surface area is 153 Å². The number of hydrogen-bond donors (Lipinski definition) is 1. The molecule has 1 amide bonds. The van der Waals surface area contributed by atoms with Crippen molar-refractivity contribution in [2.45, 2.75) is 58.1 Å². The summed E-state index contributed by atoms with van der Waals surface area (Å²) >= 11 is 0. The Morgan fingerprint density at radius 1 is 1.19 bits per heavy atom. The van der Waals surface area contributed by atoms with Gasteiger partial charge in [-0.25, -0.2) is 8.78 Å². The fraction of sp³-hybridized carbons (Fsp3) is 0.650. The lowest BCUT2D eigenvalue weighted by Crippen LogP contribution is -2.59. The number of amides is 1. The van der Waals surface area contributed by atoms with Crippen LogP contribution in [-0.2, 0) is 11.3 Å². The Hall–Kier alpha value is -1.69. The number of likely N-dealkylation sites (tertiary alicyclic amines) is 1. The minimum Gasteiger partial charge on any atom is -0.488 e. The zero-order chi connectivity index (χ0) is 19.0. The molecule has 2 aliphatic rings. The molecule has 3 rings (SSSR count). The van der Waals surface area contributed by atoms with Crippen LogP contribution in [0.5, 0.6) is 5.75 Å². The normalized spacial score (nSPS) is 26.6. The number of benzene rings is 1. The summed E-state index contributed by atoms with van der Waals surface area (Å²) in [5.74, 6) is -2.31. The minimum absolute atomic E-state index is 0.220. The molecular weight excluding hydrogens is 338 g/mol. The van der Waals surface area contributed by atoms with Gasteiger partial charge in [-0.15, -0.1) is 0 Å². The van der Waals surface area contributed by atoms with E-state index in [1.807, 2.05) is 45.0 Å². The molecule has 1 aromatic rings. The first-order chi connectivity index (χ1) is 12.1. The first kappa shape index (κ1) is 19.1. The van der Waals surface area contributed by atoms with Gasteiger partial charge < -0.3 is 10.1 Å². The zero-order valence-electron chi connectivity index (χ0n) is 15.8. The molecule has 0 radical (unpaired) electrons. The molecule has 2 fully saturated rings. The van der Waals surface area contributed by atoms with E-state index in [9.17, 15) is 13.6 Å². The highest BCUT2D eigenvalue weighted by atomic mass is 19.3. The second-order valence-corrected chi connectivity index (χ2v) is 8.68. The number of nitrogens with one attached hydrogen (secondary N) is 1. The Balaban J connectivity index is 1.71. The van der Waals surface area contributed by atoms with Gasteiger partial charge in [0.25, 0.3) is 5.92 Å². The van der Waals surface area contributed by atoms with Crippen LogP contribution in [0.3, 0.4) is 0 Å². The lowest BCUT2D eigenvalue weighted by Gasteiger charge is -2.46. The second kappa shape index (κ2) is 6.80. The molecule has 26 heavy (non-hydrogen) atoms. The minimum atomic E-state index is -2.85. The molecule has 0 bridgehead atoms. The van der Waals surface area contributed by atoms with Gasteiger partial charge >= 0.3 is 0 Å². The molecule has 1 atom stereocenters. The van der Waals surface area contributed by atoms with Crippen LogP contribution in [0.4, 0.5) is 8.78 Å². The first-order valence-corrected chi connectivity index (χ1v) is 9.24. The van der Waals surface area contributed by atoms with Gasteiger partial charge in [-0.1, -0.05) is 12.1 Å². The quantitative estimate of drug-likeness (QED) is 0.889. The summed E-state index contributed by atoms with van der Waals surface area (Å²) in [7, 11) is 0. The third kappa shape index (κ3) is 4.53. The lowest BCUT2D eigenvalue weighted by molar-refractivity contribution is -0.158. The molecule has 1 spiro atoms.